The first-order chi connectivity index (χ1) is 9.40. The number of hydrogen-bond donors (Lipinski definition) is 0. The predicted molar refractivity (Wildman–Crippen MR) is 79.5 cm³/mol. The number of benzene rings is 2. The Morgan fingerprint density at radius 1 is 0.895 bits per heavy atom. The van der Waals surface area contributed by atoms with E-state index in [2.05, 4.69) is 52.3 Å². The van der Waals surface area contributed by atoms with Crippen molar-refractivity contribution in [2.24, 2.45) is 0 Å². The highest BCUT2D eigenvalue weighted by molar-refractivity contribution is 5.85. The van der Waals surface area contributed by atoms with E-state index < -0.39 is 0 Å². The van der Waals surface area contributed by atoms with Crippen molar-refractivity contribution in [2.45, 2.75) is 12.5 Å². The van der Waals surface area contributed by atoms with E-state index in [1.54, 1.807) is 0 Å². The highest BCUT2D eigenvalue weighted by Crippen LogP contribution is 2.24. The molecule has 0 amide bonds. The average molecular weight is 252 g/mol. The third kappa shape index (κ3) is 2.05. The van der Waals surface area contributed by atoms with Crippen LogP contribution in [0.15, 0.2) is 42.5 Å². The molecule has 0 N–H and O–H groups in total. The zero-order valence-corrected chi connectivity index (χ0v) is 11.3. The Morgan fingerprint density at radius 2 is 1.68 bits per heavy atom. The molecular formula is C17H20N2. The molecule has 0 saturated carbocycles. The Hall–Kier alpha value is -1.38. The number of rotatable bonds is 2. The smallest absolute Gasteiger partial charge is 0.0264 e. The van der Waals surface area contributed by atoms with Gasteiger partial charge >= 0.3 is 0 Å². The summed E-state index contributed by atoms with van der Waals surface area (Å²) in [5.41, 5.74) is 1.51. The van der Waals surface area contributed by atoms with Gasteiger partial charge in [-0.15, -0.1) is 0 Å². The fourth-order valence-corrected chi connectivity index (χ4v) is 3.64. The van der Waals surface area contributed by atoms with Gasteiger partial charge in [-0.2, -0.15) is 0 Å². The van der Waals surface area contributed by atoms with Gasteiger partial charge in [0.15, 0.2) is 0 Å². The Bertz CT molecular complexity index is 579. The van der Waals surface area contributed by atoms with Crippen LogP contribution in [0.4, 0.5) is 0 Å². The molecule has 3 saturated heterocycles. The van der Waals surface area contributed by atoms with Crippen LogP contribution in [-0.2, 0) is 6.42 Å². The van der Waals surface area contributed by atoms with Crippen LogP contribution in [-0.4, -0.2) is 48.6 Å². The summed E-state index contributed by atoms with van der Waals surface area (Å²) in [6.45, 7) is 6.31. The lowest BCUT2D eigenvalue weighted by molar-refractivity contribution is 0.0137. The maximum absolute atomic E-state index is 2.68. The van der Waals surface area contributed by atoms with Gasteiger partial charge in [0.1, 0.15) is 0 Å². The summed E-state index contributed by atoms with van der Waals surface area (Å²) < 4.78 is 0. The van der Waals surface area contributed by atoms with E-state index in [1.165, 1.54) is 55.5 Å². The first-order valence-electron chi connectivity index (χ1n) is 7.33. The van der Waals surface area contributed by atoms with Crippen molar-refractivity contribution in [1.29, 1.82) is 0 Å². The van der Waals surface area contributed by atoms with Crippen molar-refractivity contribution in [2.75, 3.05) is 32.7 Å². The van der Waals surface area contributed by atoms with Gasteiger partial charge in [-0.05, 0) is 22.8 Å². The van der Waals surface area contributed by atoms with Crippen molar-refractivity contribution in [3.8, 4) is 0 Å². The van der Waals surface area contributed by atoms with Crippen molar-refractivity contribution >= 4 is 10.8 Å². The van der Waals surface area contributed by atoms with Crippen LogP contribution < -0.4 is 0 Å². The van der Waals surface area contributed by atoms with E-state index in [0.29, 0.717) is 6.04 Å². The topological polar surface area (TPSA) is 6.48 Å². The van der Waals surface area contributed by atoms with Gasteiger partial charge in [-0.3, -0.25) is 9.80 Å². The summed E-state index contributed by atoms with van der Waals surface area (Å²) in [6.07, 6.45) is 1.19. The van der Waals surface area contributed by atoms with E-state index in [-0.39, 0.29) is 0 Å². The maximum atomic E-state index is 2.68. The van der Waals surface area contributed by atoms with E-state index in [1.807, 2.05) is 0 Å². The van der Waals surface area contributed by atoms with Gasteiger partial charge in [0, 0.05) is 38.8 Å². The molecule has 2 aromatic rings. The third-order valence-corrected chi connectivity index (χ3v) is 4.73. The zero-order chi connectivity index (χ0) is 12.7. The van der Waals surface area contributed by atoms with Gasteiger partial charge in [-0.25, -0.2) is 0 Å². The molecule has 3 heterocycles. The second-order valence-electron chi connectivity index (χ2n) is 5.83. The quantitative estimate of drug-likeness (QED) is 0.809. The molecule has 3 aliphatic heterocycles. The number of piperazine rings is 3. The van der Waals surface area contributed by atoms with Gasteiger partial charge < -0.3 is 0 Å². The normalized spacial score (nSPS) is 29.8. The lowest BCUT2D eigenvalue weighted by atomic mass is 9.95. The molecule has 3 fully saturated rings. The first kappa shape index (κ1) is 11.4. The molecule has 1 atom stereocenters. The van der Waals surface area contributed by atoms with Crippen molar-refractivity contribution in [1.82, 2.24) is 9.80 Å². The summed E-state index contributed by atoms with van der Waals surface area (Å²) in [6, 6.07) is 16.2. The van der Waals surface area contributed by atoms with Crippen LogP contribution >= 0.6 is 0 Å². The standard InChI is InChI=1S/C17H20N2/c1-2-7-17-14(4-1)5-3-6-15(17)12-16-13-18-8-10-19(16)11-9-18/h1-7,16H,8-13H2. The molecule has 19 heavy (non-hydrogen) atoms. The molecule has 0 radical (unpaired) electrons. The Balaban J connectivity index is 1.65. The van der Waals surface area contributed by atoms with Crippen molar-refractivity contribution < 1.29 is 0 Å². The van der Waals surface area contributed by atoms with E-state index in [9.17, 15) is 0 Å². The second-order valence-corrected chi connectivity index (χ2v) is 5.83. The molecule has 2 bridgehead atoms. The molecule has 2 nitrogen and oxygen atoms in total. The van der Waals surface area contributed by atoms with E-state index >= 15 is 0 Å². The third-order valence-electron chi connectivity index (χ3n) is 4.73. The van der Waals surface area contributed by atoms with Gasteiger partial charge in [0.2, 0.25) is 0 Å². The van der Waals surface area contributed by atoms with Crippen molar-refractivity contribution in [3.05, 3.63) is 48.0 Å². The predicted octanol–water partition coefficient (Wildman–Crippen LogP) is 2.38. The zero-order valence-electron chi connectivity index (χ0n) is 11.3. The van der Waals surface area contributed by atoms with E-state index in [4.69, 9.17) is 0 Å². The molecule has 0 spiro atoms. The fourth-order valence-electron chi connectivity index (χ4n) is 3.64. The molecule has 3 aliphatic rings. The SMILES string of the molecule is c1ccc2c(CC3CN4CCN3CC4)cccc2c1. The largest absolute Gasteiger partial charge is 0.299 e. The Labute approximate surface area is 114 Å². The van der Waals surface area contributed by atoms with Gasteiger partial charge in [-0.1, -0.05) is 42.5 Å². The highest BCUT2D eigenvalue weighted by atomic mass is 15.3. The van der Waals surface area contributed by atoms with Gasteiger partial charge in [0.05, 0.1) is 0 Å². The van der Waals surface area contributed by atoms with Crippen LogP contribution in [0.1, 0.15) is 5.56 Å². The van der Waals surface area contributed by atoms with Crippen LogP contribution in [0.3, 0.4) is 0 Å². The molecule has 1 unspecified atom stereocenters. The maximum Gasteiger partial charge on any atom is 0.0264 e. The highest BCUT2D eigenvalue weighted by Gasteiger charge is 2.31. The van der Waals surface area contributed by atoms with Crippen LogP contribution in [0, 0.1) is 0 Å². The fraction of sp³-hybridized carbons (Fsp3) is 0.412. The minimum Gasteiger partial charge on any atom is -0.299 e. The van der Waals surface area contributed by atoms with Crippen LogP contribution in [0.5, 0.6) is 0 Å². The molecule has 2 heteroatoms. The molecule has 0 aliphatic carbocycles. The summed E-state index contributed by atoms with van der Waals surface area (Å²) in [4.78, 5) is 5.30. The first-order valence-corrected chi connectivity index (χ1v) is 7.33. The van der Waals surface area contributed by atoms with E-state index in [0.717, 1.165) is 0 Å². The minimum atomic E-state index is 0.716. The summed E-state index contributed by atoms with van der Waals surface area (Å²) >= 11 is 0. The molecule has 2 aromatic carbocycles. The average Bonchev–Trinajstić information content (AvgIpc) is 2.49. The number of hydrogen-bond acceptors (Lipinski definition) is 2. The Morgan fingerprint density at radius 3 is 2.47 bits per heavy atom. The monoisotopic (exact) mass is 252 g/mol. The molecular weight excluding hydrogens is 232 g/mol. The summed E-state index contributed by atoms with van der Waals surface area (Å²) in [7, 11) is 0. The van der Waals surface area contributed by atoms with Crippen LogP contribution in [0.2, 0.25) is 0 Å². The second kappa shape index (κ2) is 4.62. The molecule has 98 valence electrons. The lowest BCUT2D eigenvalue weighted by Crippen LogP contribution is -2.61. The lowest BCUT2D eigenvalue weighted by Gasteiger charge is -2.47. The van der Waals surface area contributed by atoms with Crippen molar-refractivity contribution in [3.63, 3.8) is 0 Å². The molecule has 5 rings (SSSR count). The summed E-state index contributed by atoms with van der Waals surface area (Å²) in [5.74, 6) is 0. The molecule has 0 aromatic heterocycles. The minimum absolute atomic E-state index is 0.716. The number of fused-ring (bicyclic) bond motifs is 4. The summed E-state index contributed by atoms with van der Waals surface area (Å²) in [5, 5.41) is 2.80. The van der Waals surface area contributed by atoms with Crippen LogP contribution in [0.25, 0.3) is 10.8 Å². The Kier molecular flexibility index (Phi) is 2.78. The number of nitrogens with zero attached hydrogens (tertiary/aromatic N) is 2. The van der Waals surface area contributed by atoms with Gasteiger partial charge in [0.25, 0.3) is 0 Å².